The summed E-state index contributed by atoms with van der Waals surface area (Å²) in [5.74, 6) is 2.00. The van der Waals surface area contributed by atoms with Crippen molar-refractivity contribution in [1.82, 2.24) is 9.88 Å². The molecule has 150 valence electrons. The van der Waals surface area contributed by atoms with Gasteiger partial charge in [-0.1, -0.05) is 18.2 Å². The van der Waals surface area contributed by atoms with Gasteiger partial charge in [-0.25, -0.2) is 4.98 Å². The van der Waals surface area contributed by atoms with E-state index in [4.69, 9.17) is 4.74 Å². The molecule has 0 bridgehead atoms. The first-order chi connectivity index (χ1) is 13.7. The number of aromatic nitrogens is 1. The molecule has 4 rings (SSSR count). The fourth-order valence-electron chi connectivity index (χ4n) is 4.69. The molecule has 2 aromatic rings. The Balaban J connectivity index is 1.28. The number of nitrogens with zero attached hydrogens (tertiary/aromatic N) is 3. The van der Waals surface area contributed by atoms with E-state index in [0.717, 1.165) is 37.7 Å². The minimum absolute atomic E-state index is 0.397. The lowest BCUT2D eigenvalue weighted by molar-refractivity contribution is 0.141. The summed E-state index contributed by atoms with van der Waals surface area (Å²) in [4.78, 5) is 8.86. The third kappa shape index (κ3) is 4.46. The molecular formula is C23H30FN3O. The molecule has 0 atom stereocenters. The van der Waals surface area contributed by atoms with Crippen LogP contribution in [-0.2, 0) is 0 Å². The Kier molecular flexibility index (Phi) is 6.10. The van der Waals surface area contributed by atoms with Gasteiger partial charge < -0.3 is 9.64 Å². The largest absolute Gasteiger partial charge is 0.494 e. The van der Waals surface area contributed by atoms with Crippen molar-refractivity contribution in [2.75, 3.05) is 37.7 Å². The van der Waals surface area contributed by atoms with Crippen molar-refractivity contribution < 1.29 is 9.13 Å². The van der Waals surface area contributed by atoms with Crippen molar-refractivity contribution in [3.8, 4) is 5.75 Å². The van der Waals surface area contributed by atoms with Gasteiger partial charge in [0.1, 0.15) is 11.6 Å². The van der Waals surface area contributed by atoms with Gasteiger partial charge in [0.2, 0.25) is 5.95 Å². The maximum Gasteiger partial charge on any atom is 0.214 e. The zero-order valence-electron chi connectivity index (χ0n) is 16.7. The quantitative estimate of drug-likeness (QED) is 0.713. The van der Waals surface area contributed by atoms with Crippen LogP contribution in [0.2, 0.25) is 0 Å². The van der Waals surface area contributed by atoms with E-state index in [1.807, 2.05) is 19.1 Å². The van der Waals surface area contributed by atoms with Crippen LogP contribution in [0.5, 0.6) is 5.75 Å². The summed E-state index contributed by atoms with van der Waals surface area (Å²) < 4.78 is 19.0. The molecule has 0 N–H and O–H groups in total. The van der Waals surface area contributed by atoms with Crippen LogP contribution in [0.25, 0.3) is 0 Å². The number of hydrogen-bond acceptors (Lipinski definition) is 4. The van der Waals surface area contributed by atoms with E-state index in [2.05, 4.69) is 33.0 Å². The molecule has 28 heavy (non-hydrogen) atoms. The molecule has 1 aromatic heterocycles. The van der Waals surface area contributed by atoms with Crippen molar-refractivity contribution in [2.24, 2.45) is 0 Å². The average Bonchev–Trinajstić information content (AvgIpc) is 2.75. The van der Waals surface area contributed by atoms with Gasteiger partial charge in [-0.05, 0) is 68.4 Å². The monoisotopic (exact) mass is 383 g/mol. The number of anilines is 1. The van der Waals surface area contributed by atoms with Crippen LogP contribution in [0.3, 0.4) is 0 Å². The van der Waals surface area contributed by atoms with Crippen LogP contribution in [0.4, 0.5) is 10.2 Å². The molecule has 4 nitrogen and oxygen atoms in total. The maximum absolute atomic E-state index is 13.4. The van der Waals surface area contributed by atoms with Crippen molar-refractivity contribution in [1.29, 1.82) is 0 Å². The van der Waals surface area contributed by atoms with Crippen LogP contribution >= 0.6 is 0 Å². The second kappa shape index (κ2) is 8.91. The summed E-state index contributed by atoms with van der Waals surface area (Å²) in [7, 11) is 0. The highest BCUT2D eigenvalue weighted by Gasteiger charge is 2.29. The fraction of sp³-hybridized carbons (Fsp3) is 0.522. The van der Waals surface area contributed by atoms with E-state index in [9.17, 15) is 4.39 Å². The lowest BCUT2D eigenvalue weighted by Gasteiger charge is -2.42. The molecule has 1 aliphatic carbocycles. The summed E-state index contributed by atoms with van der Waals surface area (Å²) in [6.45, 7) is 6.66. The molecule has 1 saturated carbocycles. The minimum atomic E-state index is -0.397. The molecule has 5 heteroatoms. The zero-order chi connectivity index (χ0) is 19.3. The molecule has 1 saturated heterocycles. The van der Waals surface area contributed by atoms with Gasteiger partial charge in [0, 0.05) is 32.2 Å². The van der Waals surface area contributed by atoms with Crippen molar-refractivity contribution >= 4 is 5.82 Å². The molecule has 0 radical (unpaired) electrons. The van der Waals surface area contributed by atoms with Gasteiger partial charge in [0.15, 0.2) is 0 Å². The van der Waals surface area contributed by atoms with Crippen LogP contribution in [-0.4, -0.2) is 48.7 Å². The molecule has 1 aromatic carbocycles. The molecule has 2 aliphatic rings. The van der Waals surface area contributed by atoms with E-state index in [-0.39, 0.29) is 0 Å². The fourth-order valence-corrected chi connectivity index (χ4v) is 4.69. The standard InChI is InChI=1S/C23H30FN3O/c1-2-28-21-6-3-5-19(17-21)18-9-11-20(12-10-18)26-13-15-27(16-14-26)23-8-4-7-22(24)25-23/h3-8,17-18,20H,2,9-16H2,1H3. The molecule has 0 spiro atoms. The third-order valence-corrected chi connectivity index (χ3v) is 6.19. The van der Waals surface area contributed by atoms with Crippen LogP contribution < -0.4 is 9.64 Å². The molecule has 2 heterocycles. The summed E-state index contributed by atoms with van der Waals surface area (Å²) in [5, 5.41) is 0. The summed E-state index contributed by atoms with van der Waals surface area (Å²) in [6, 6.07) is 14.4. The first-order valence-electron chi connectivity index (χ1n) is 10.6. The third-order valence-electron chi connectivity index (χ3n) is 6.19. The van der Waals surface area contributed by atoms with Gasteiger partial charge in [-0.3, -0.25) is 4.90 Å². The highest BCUT2D eigenvalue weighted by Crippen LogP contribution is 2.36. The molecule has 0 amide bonds. The van der Waals surface area contributed by atoms with Crippen molar-refractivity contribution in [3.63, 3.8) is 0 Å². The summed E-state index contributed by atoms with van der Waals surface area (Å²) in [5.41, 5.74) is 1.42. The SMILES string of the molecule is CCOc1cccc(C2CCC(N3CCN(c4cccc(F)n4)CC3)CC2)c1. The van der Waals surface area contributed by atoms with E-state index in [1.54, 1.807) is 6.07 Å². The Morgan fingerprint density at radius 2 is 1.75 bits per heavy atom. The van der Waals surface area contributed by atoms with E-state index < -0.39 is 5.95 Å². The van der Waals surface area contributed by atoms with Gasteiger partial charge in [0.05, 0.1) is 6.61 Å². The second-order valence-electron chi connectivity index (χ2n) is 7.85. The Labute approximate surface area is 167 Å². The Bertz CT molecular complexity index is 768. The van der Waals surface area contributed by atoms with Gasteiger partial charge >= 0.3 is 0 Å². The normalized spacial score (nSPS) is 23.6. The van der Waals surface area contributed by atoms with Gasteiger partial charge in [-0.2, -0.15) is 4.39 Å². The maximum atomic E-state index is 13.4. The predicted molar refractivity (Wildman–Crippen MR) is 111 cm³/mol. The number of benzene rings is 1. The first kappa shape index (κ1) is 19.2. The number of pyridine rings is 1. The number of rotatable bonds is 5. The number of ether oxygens (including phenoxy) is 1. The Morgan fingerprint density at radius 1 is 1.00 bits per heavy atom. The lowest BCUT2D eigenvalue weighted by atomic mass is 9.81. The first-order valence-corrected chi connectivity index (χ1v) is 10.6. The zero-order valence-corrected chi connectivity index (χ0v) is 16.7. The van der Waals surface area contributed by atoms with E-state index >= 15 is 0 Å². The van der Waals surface area contributed by atoms with Crippen LogP contribution in [0.1, 0.15) is 44.1 Å². The highest BCUT2D eigenvalue weighted by molar-refractivity contribution is 5.38. The smallest absolute Gasteiger partial charge is 0.214 e. The lowest BCUT2D eigenvalue weighted by Crippen LogP contribution is -2.51. The Morgan fingerprint density at radius 3 is 2.46 bits per heavy atom. The van der Waals surface area contributed by atoms with E-state index in [0.29, 0.717) is 18.6 Å². The van der Waals surface area contributed by atoms with Crippen molar-refractivity contribution in [2.45, 2.75) is 44.6 Å². The predicted octanol–water partition coefficient (Wildman–Crippen LogP) is 4.47. The van der Waals surface area contributed by atoms with E-state index in [1.165, 1.54) is 37.3 Å². The van der Waals surface area contributed by atoms with Crippen molar-refractivity contribution in [3.05, 3.63) is 54.0 Å². The topological polar surface area (TPSA) is 28.6 Å². The summed E-state index contributed by atoms with van der Waals surface area (Å²) in [6.07, 6.45) is 4.99. The molecular weight excluding hydrogens is 353 g/mol. The highest BCUT2D eigenvalue weighted by atomic mass is 19.1. The summed E-state index contributed by atoms with van der Waals surface area (Å²) >= 11 is 0. The second-order valence-corrected chi connectivity index (χ2v) is 7.85. The van der Waals surface area contributed by atoms with Gasteiger partial charge in [-0.15, -0.1) is 0 Å². The number of halogens is 1. The molecule has 2 fully saturated rings. The van der Waals surface area contributed by atoms with Crippen LogP contribution in [0.15, 0.2) is 42.5 Å². The molecule has 1 aliphatic heterocycles. The minimum Gasteiger partial charge on any atom is -0.494 e. The van der Waals surface area contributed by atoms with Crippen LogP contribution in [0, 0.1) is 5.95 Å². The number of piperazine rings is 1. The number of hydrogen-bond donors (Lipinski definition) is 0. The molecule has 0 unspecified atom stereocenters. The average molecular weight is 384 g/mol. The van der Waals surface area contributed by atoms with Gasteiger partial charge in [0.25, 0.3) is 0 Å². The Hall–Kier alpha value is -2.14.